The molecule has 0 amide bonds. The van der Waals surface area contributed by atoms with Crippen molar-refractivity contribution in [3.8, 4) is 0 Å². The third kappa shape index (κ3) is 2.13. The van der Waals surface area contributed by atoms with E-state index < -0.39 is 0 Å². The molecule has 2 rings (SSSR count). The molecule has 82 valence electrons. The molecule has 1 N–H and O–H groups in total. The minimum atomic E-state index is 0.624. The maximum atomic E-state index is 3.79. The van der Waals surface area contributed by atoms with E-state index >= 15 is 0 Å². The summed E-state index contributed by atoms with van der Waals surface area (Å²) in [4.78, 5) is 0. The van der Waals surface area contributed by atoms with Crippen molar-refractivity contribution in [2.24, 2.45) is 17.3 Å². The molecular formula is C13H25N. The van der Waals surface area contributed by atoms with Crippen molar-refractivity contribution in [1.29, 1.82) is 0 Å². The largest absolute Gasteiger partial charge is 0.311 e. The molecule has 0 spiro atoms. The molecule has 2 aliphatic carbocycles. The molecular weight excluding hydrogens is 170 g/mol. The van der Waals surface area contributed by atoms with Gasteiger partial charge in [-0.05, 0) is 42.9 Å². The molecule has 1 heteroatoms. The highest BCUT2D eigenvalue weighted by Crippen LogP contribution is 2.42. The first-order valence-electron chi connectivity index (χ1n) is 6.22. The number of rotatable bonds is 3. The van der Waals surface area contributed by atoms with Gasteiger partial charge in [-0.3, -0.25) is 0 Å². The monoisotopic (exact) mass is 195 g/mol. The van der Waals surface area contributed by atoms with E-state index in [9.17, 15) is 0 Å². The molecule has 0 saturated heterocycles. The third-order valence-electron chi connectivity index (χ3n) is 4.19. The smallest absolute Gasteiger partial charge is 0.00798 e. The topological polar surface area (TPSA) is 12.0 Å². The molecule has 0 heterocycles. The fourth-order valence-corrected chi connectivity index (χ4v) is 3.07. The van der Waals surface area contributed by atoms with Crippen molar-refractivity contribution in [2.75, 3.05) is 0 Å². The van der Waals surface area contributed by atoms with E-state index in [4.69, 9.17) is 0 Å². The first kappa shape index (κ1) is 10.5. The fraction of sp³-hybridized carbons (Fsp3) is 1.00. The van der Waals surface area contributed by atoms with Gasteiger partial charge in [0.2, 0.25) is 0 Å². The van der Waals surface area contributed by atoms with Crippen LogP contribution in [0.1, 0.15) is 53.4 Å². The summed E-state index contributed by atoms with van der Waals surface area (Å²) in [7, 11) is 0. The lowest BCUT2D eigenvalue weighted by atomic mass is 9.67. The van der Waals surface area contributed by atoms with Gasteiger partial charge in [0.1, 0.15) is 0 Å². The summed E-state index contributed by atoms with van der Waals surface area (Å²) in [6, 6.07) is 1.69. The summed E-state index contributed by atoms with van der Waals surface area (Å²) in [5.74, 6) is 1.89. The quantitative estimate of drug-likeness (QED) is 0.729. The molecule has 0 aromatic rings. The van der Waals surface area contributed by atoms with Crippen LogP contribution in [0.2, 0.25) is 0 Å². The molecule has 0 aromatic carbocycles. The zero-order valence-corrected chi connectivity index (χ0v) is 10.1. The normalized spacial score (nSPS) is 36.6. The van der Waals surface area contributed by atoms with Gasteiger partial charge >= 0.3 is 0 Å². The lowest BCUT2D eigenvalue weighted by Crippen LogP contribution is -2.54. The first-order chi connectivity index (χ1) is 6.46. The average Bonchev–Trinajstić information content (AvgIpc) is 1.90. The van der Waals surface area contributed by atoms with Crippen LogP contribution in [0.25, 0.3) is 0 Å². The Morgan fingerprint density at radius 3 is 2.07 bits per heavy atom. The van der Waals surface area contributed by atoms with Gasteiger partial charge < -0.3 is 5.32 Å². The Morgan fingerprint density at radius 1 is 1.07 bits per heavy atom. The molecule has 1 nitrogen and oxygen atoms in total. The summed E-state index contributed by atoms with van der Waals surface area (Å²) >= 11 is 0. The van der Waals surface area contributed by atoms with E-state index in [1.54, 1.807) is 0 Å². The minimum absolute atomic E-state index is 0.624. The first-order valence-corrected chi connectivity index (χ1v) is 6.22. The Bertz CT molecular complexity index is 193. The van der Waals surface area contributed by atoms with Crippen LogP contribution in [-0.4, -0.2) is 12.1 Å². The fourth-order valence-electron chi connectivity index (χ4n) is 3.07. The molecule has 2 saturated carbocycles. The SMILES string of the molecule is CC(C)C1CC(NC2CC(C)(C)C2)C1. The summed E-state index contributed by atoms with van der Waals surface area (Å²) < 4.78 is 0. The second kappa shape index (κ2) is 3.52. The Labute approximate surface area is 88.7 Å². The Balaban J connectivity index is 1.62. The lowest BCUT2D eigenvalue weighted by Gasteiger charge is -2.48. The second-order valence-corrected chi connectivity index (χ2v) is 6.61. The Morgan fingerprint density at radius 2 is 1.64 bits per heavy atom. The highest BCUT2D eigenvalue weighted by molar-refractivity contribution is 4.96. The van der Waals surface area contributed by atoms with Crippen molar-refractivity contribution < 1.29 is 0 Å². The van der Waals surface area contributed by atoms with Gasteiger partial charge in [-0.2, -0.15) is 0 Å². The number of hydrogen-bond acceptors (Lipinski definition) is 1. The Kier molecular flexibility index (Phi) is 2.63. The molecule has 2 fully saturated rings. The van der Waals surface area contributed by atoms with Crippen molar-refractivity contribution in [2.45, 2.75) is 65.5 Å². The molecule has 14 heavy (non-hydrogen) atoms. The summed E-state index contributed by atoms with van der Waals surface area (Å²) in [5, 5.41) is 3.79. The number of nitrogens with one attached hydrogen (secondary N) is 1. The highest BCUT2D eigenvalue weighted by Gasteiger charge is 2.39. The summed E-state index contributed by atoms with van der Waals surface area (Å²) in [6.45, 7) is 9.46. The maximum absolute atomic E-state index is 3.79. The maximum Gasteiger partial charge on any atom is 0.00798 e. The summed E-state index contributed by atoms with van der Waals surface area (Å²) in [5.41, 5.74) is 0.624. The third-order valence-corrected chi connectivity index (χ3v) is 4.19. The highest BCUT2D eigenvalue weighted by atomic mass is 15.0. The van der Waals surface area contributed by atoms with Crippen molar-refractivity contribution in [1.82, 2.24) is 5.32 Å². The van der Waals surface area contributed by atoms with Crippen LogP contribution in [-0.2, 0) is 0 Å². The van der Waals surface area contributed by atoms with E-state index in [0.29, 0.717) is 5.41 Å². The molecule has 0 aliphatic heterocycles. The van der Waals surface area contributed by atoms with Crippen molar-refractivity contribution in [3.63, 3.8) is 0 Å². The van der Waals surface area contributed by atoms with Crippen molar-refractivity contribution >= 4 is 0 Å². The van der Waals surface area contributed by atoms with E-state index in [1.807, 2.05) is 0 Å². The zero-order chi connectivity index (χ0) is 10.3. The van der Waals surface area contributed by atoms with Gasteiger partial charge in [0.15, 0.2) is 0 Å². The van der Waals surface area contributed by atoms with Crippen LogP contribution < -0.4 is 5.32 Å². The minimum Gasteiger partial charge on any atom is -0.311 e. The van der Waals surface area contributed by atoms with Gasteiger partial charge in [0.05, 0.1) is 0 Å². The molecule has 0 radical (unpaired) electrons. The predicted octanol–water partition coefficient (Wildman–Crippen LogP) is 3.20. The van der Waals surface area contributed by atoms with Crippen LogP contribution in [0.3, 0.4) is 0 Å². The molecule has 0 atom stereocenters. The zero-order valence-electron chi connectivity index (χ0n) is 10.1. The van der Waals surface area contributed by atoms with Gasteiger partial charge in [-0.1, -0.05) is 27.7 Å². The van der Waals surface area contributed by atoms with Gasteiger partial charge in [0, 0.05) is 12.1 Å². The standard InChI is InChI=1S/C13H25N/c1-9(2)10-5-11(6-10)14-12-7-13(3,4)8-12/h9-12,14H,5-8H2,1-4H3. The number of hydrogen-bond donors (Lipinski definition) is 1. The predicted molar refractivity (Wildman–Crippen MR) is 61.3 cm³/mol. The average molecular weight is 195 g/mol. The van der Waals surface area contributed by atoms with Crippen LogP contribution >= 0.6 is 0 Å². The van der Waals surface area contributed by atoms with Crippen LogP contribution in [0.4, 0.5) is 0 Å². The van der Waals surface area contributed by atoms with Gasteiger partial charge in [0.25, 0.3) is 0 Å². The van der Waals surface area contributed by atoms with E-state index in [1.165, 1.54) is 25.7 Å². The van der Waals surface area contributed by atoms with Gasteiger partial charge in [-0.25, -0.2) is 0 Å². The van der Waals surface area contributed by atoms with Crippen LogP contribution in [0.15, 0.2) is 0 Å². The molecule has 2 aliphatic rings. The van der Waals surface area contributed by atoms with E-state index in [0.717, 1.165) is 23.9 Å². The van der Waals surface area contributed by atoms with Crippen LogP contribution in [0.5, 0.6) is 0 Å². The molecule has 0 bridgehead atoms. The lowest BCUT2D eigenvalue weighted by molar-refractivity contribution is 0.0784. The van der Waals surface area contributed by atoms with Gasteiger partial charge in [-0.15, -0.1) is 0 Å². The molecule has 0 aromatic heterocycles. The molecule has 0 unspecified atom stereocenters. The van der Waals surface area contributed by atoms with Crippen LogP contribution in [0, 0.1) is 17.3 Å². The van der Waals surface area contributed by atoms with E-state index in [-0.39, 0.29) is 0 Å². The van der Waals surface area contributed by atoms with E-state index in [2.05, 4.69) is 33.0 Å². The Hall–Kier alpha value is -0.0400. The summed E-state index contributed by atoms with van der Waals surface area (Å²) in [6.07, 6.45) is 5.62. The van der Waals surface area contributed by atoms with Crippen molar-refractivity contribution in [3.05, 3.63) is 0 Å². The second-order valence-electron chi connectivity index (χ2n) is 6.61.